The lowest BCUT2D eigenvalue weighted by Crippen LogP contribution is -2.32. The number of aromatic amines is 1. The highest BCUT2D eigenvalue weighted by Gasteiger charge is 2.18. The van der Waals surface area contributed by atoms with E-state index in [0.29, 0.717) is 12.4 Å². The predicted molar refractivity (Wildman–Crippen MR) is 112 cm³/mol. The highest BCUT2D eigenvalue weighted by molar-refractivity contribution is 8.00. The van der Waals surface area contributed by atoms with Crippen LogP contribution in [0.5, 0.6) is 0 Å². The smallest absolute Gasteiger partial charge is 0.230 e. The molecule has 0 spiro atoms. The summed E-state index contributed by atoms with van der Waals surface area (Å²) >= 11 is 1.38. The number of hydrogen-bond acceptors (Lipinski definition) is 4. The van der Waals surface area contributed by atoms with Crippen LogP contribution >= 0.6 is 11.8 Å². The van der Waals surface area contributed by atoms with Crippen molar-refractivity contribution in [3.8, 4) is 22.6 Å². The molecule has 0 radical (unpaired) electrons. The monoisotopic (exact) mass is 411 g/mol. The van der Waals surface area contributed by atoms with Crippen LogP contribution < -0.4 is 5.32 Å². The second-order valence-electron chi connectivity index (χ2n) is 6.87. The molecular formula is C22H22FN3O2S. The molecule has 1 atom stereocenters. The molecule has 1 fully saturated rings. The number of rotatable bonds is 7. The van der Waals surface area contributed by atoms with Crippen molar-refractivity contribution in [1.29, 1.82) is 0 Å². The number of amides is 1. The Morgan fingerprint density at radius 2 is 1.97 bits per heavy atom. The van der Waals surface area contributed by atoms with Crippen molar-refractivity contribution in [3.63, 3.8) is 0 Å². The quantitative estimate of drug-likeness (QED) is 0.570. The molecule has 1 amide bonds. The third-order valence-corrected chi connectivity index (χ3v) is 5.72. The summed E-state index contributed by atoms with van der Waals surface area (Å²) < 4.78 is 18.8. The Hall–Kier alpha value is -2.64. The third-order valence-electron chi connectivity index (χ3n) is 4.74. The molecule has 2 aromatic carbocycles. The van der Waals surface area contributed by atoms with Crippen LogP contribution in [0.1, 0.15) is 12.8 Å². The van der Waals surface area contributed by atoms with Crippen molar-refractivity contribution >= 4 is 17.7 Å². The van der Waals surface area contributed by atoms with Gasteiger partial charge in [-0.3, -0.25) is 4.79 Å². The highest BCUT2D eigenvalue weighted by Crippen LogP contribution is 2.32. The molecule has 150 valence electrons. The molecule has 7 heteroatoms. The number of benzene rings is 2. The normalized spacial score (nSPS) is 16.1. The number of halogens is 1. The molecular weight excluding hydrogens is 389 g/mol. The minimum absolute atomic E-state index is 0.0455. The van der Waals surface area contributed by atoms with Gasteiger partial charge in [0.15, 0.2) is 0 Å². The molecule has 1 saturated heterocycles. The first-order valence-electron chi connectivity index (χ1n) is 9.61. The van der Waals surface area contributed by atoms with E-state index in [9.17, 15) is 9.18 Å². The van der Waals surface area contributed by atoms with E-state index in [1.165, 1.54) is 23.9 Å². The van der Waals surface area contributed by atoms with Crippen LogP contribution in [0.25, 0.3) is 22.6 Å². The maximum Gasteiger partial charge on any atom is 0.230 e. The van der Waals surface area contributed by atoms with Gasteiger partial charge in [-0.15, -0.1) is 0 Å². The van der Waals surface area contributed by atoms with Crippen LogP contribution in [0.2, 0.25) is 0 Å². The molecule has 1 aliphatic heterocycles. The van der Waals surface area contributed by atoms with Gasteiger partial charge in [0.05, 0.1) is 17.6 Å². The Morgan fingerprint density at radius 1 is 1.17 bits per heavy atom. The van der Waals surface area contributed by atoms with E-state index < -0.39 is 0 Å². The molecule has 2 heterocycles. The minimum Gasteiger partial charge on any atom is -0.376 e. The number of carbonyl (C=O) groups is 1. The molecule has 1 aliphatic rings. The van der Waals surface area contributed by atoms with Gasteiger partial charge in [-0.2, -0.15) is 0 Å². The topological polar surface area (TPSA) is 67.0 Å². The second-order valence-corrected chi connectivity index (χ2v) is 7.83. The van der Waals surface area contributed by atoms with Crippen molar-refractivity contribution in [3.05, 3.63) is 60.4 Å². The van der Waals surface area contributed by atoms with Crippen LogP contribution in [0, 0.1) is 5.82 Å². The number of hydrogen-bond donors (Lipinski definition) is 2. The Kier molecular flexibility index (Phi) is 6.27. The summed E-state index contributed by atoms with van der Waals surface area (Å²) in [7, 11) is 0. The molecule has 5 nitrogen and oxygen atoms in total. The van der Waals surface area contributed by atoms with Crippen LogP contribution in [-0.2, 0) is 9.53 Å². The number of nitrogens with one attached hydrogen (secondary N) is 2. The standard InChI is InChI=1S/C22H22FN3O2S/c23-17-10-8-16(9-11-17)21-25-20(15-5-2-1-3-6-15)22(26-21)29-14-19(27)24-13-18-7-4-12-28-18/h1-3,5-6,8-11,18H,4,7,12-14H2,(H,24,27)(H,25,26)/t18-/m1/s1. The lowest BCUT2D eigenvalue weighted by Gasteiger charge is -2.10. The fourth-order valence-electron chi connectivity index (χ4n) is 3.22. The first-order chi connectivity index (χ1) is 14.2. The summed E-state index contributed by atoms with van der Waals surface area (Å²) in [5.74, 6) is 0.573. The largest absolute Gasteiger partial charge is 0.376 e. The zero-order valence-electron chi connectivity index (χ0n) is 15.9. The molecule has 3 aromatic rings. The summed E-state index contributed by atoms with van der Waals surface area (Å²) in [6, 6.07) is 16.0. The van der Waals surface area contributed by atoms with Gasteiger partial charge in [0, 0.05) is 24.3 Å². The average molecular weight is 412 g/mol. The maximum atomic E-state index is 13.3. The fraction of sp³-hybridized carbons (Fsp3) is 0.273. The molecule has 0 bridgehead atoms. The van der Waals surface area contributed by atoms with Crippen molar-refractivity contribution in [2.24, 2.45) is 0 Å². The number of thioether (sulfide) groups is 1. The molecule has 0 unspecified atom stereocenters. The minimum atomic E-state index is -0.291. The van der Waals surface area contributed by atoms with Crippen LogP contribution in [-0.4, -0.2) is 40.9 Å². The highest BCUT2D eigenvalue weighted by atomic mass is 32.2. The van der Waals surface area contributed by atoms with Crippen LogP contribution in [0.4, 0.5) is 4.39 Å². The van der Waals surface area contributed by atoms with Gasteiger partial charge in [0.2, 0.25) is 5.91 Å². The SMILES string of the molecule is O=C(CSc1nc(-c2ccc(F)cc2)[nH]c1-c1ccccc1)NC[C@H]1CCCO1. The summed E-state index contributed by atoms with van der Waals surface area (Å²) in [6.45, 7) is 1.32. The molecule has 0 aliphatic carbocycles. The van der Waals surface area contributed by atoms with Gasteiger partial charge in [-0.1, -0.05) is 42.1 Å². The first kappa shape index (κ1) is 19.7. The Balaban J connectivity index is 1.49. The Labute approximate surface area is 173 Å². The van der Waals surface area contributed by atoms with Gasteiger partial charge in [0.1, 0.15) is 16.7 Å². The van der Waals surface area contributed by atoms with Crippen molar-refractivity contribution in [2.45, 2.75) is 24.0 Å². The fourth-order valence-corrected chi connectivity index (χ4v) is 4.06. The summed E-state index contributed by atoms with van der Waals surface area (Å²) in [6.07, 6.45) is 2.17. The van der Waals surface area contributed by atoms with Gasteiger partial charge in [0.25, 0.3) is 0 Å². The third kappa shape index (κ3) is 5.05. The summed E-state index contributed by atoms with van der Waals surface area (Å²) in [5, 5.41) is 3.67. The van der Waals surface area contributed by atoms with E-state index >= 15 is 0 Å². The zero-order valence-corrected chi connectivity index (χ0v) is 16.7. The second kappa shape index (κ2) is 9.24. The lowest BCUT2D eigenvalue weighted by molar-refractivity contribution is -0.119. The predicted octanol–water partition coefficient (Wildman–Crippen LogP) is 4.27. The Morgan fingerprint density at radius 3 is 2.69 bits per heavy atom. The number of imidazole rings is 1. The Bertz CT molecular complexity index is 954. The van der Waals surface area contributed by atoms with E-state index in [2.05, 4.69) is 15.3 Å². The molecule has 2 N–H and O–H groups in total. The lowest BCUT2D eigenvalue weighted by atomic mass is 10.2. The van der Waals surface area contributed by atoms with E-state index in [1.54, 1.807) is 12.1 Å². The van der Waals surface area contributed by atoms with E-state index in [-0.39, 0.29) is 23.6 Å². The summed E-state index contributed by atoms with van der Waals surface area (Å²) in [5.41, 5.74) is 2.62. The van der Waals surface area contributed by atoms with Crippen molar-refractivity contribution < 1.29 is 13.9 Å². The van der Waals surface area contributed by atoms with Gasteiger partial charge < -0.3 is 15.0 Å². The van der Waals surface area contributed by atoms with Crippen molar-refractivity contribution in [1.82, 2.24) is 15.3 Å². The average Bonchev–Trinajstić information content (AvgIpc) is 3.42. The first-order valence-corrected chi connectivity index (χ1v) is 10.6. The van der Waals surface area contributed by atoms with Crippen LogP contribution in [0.15, 0.2) is 59.6 Å². The zero-order chi connectivity index (χ0) is 20.1. The molecule has 0 saturated carbocycles. The van der Waals surface area contributed by atoms with E-state index in [1.807, 2.05) is 30.3 Å². The number of nitrogens with zero attached hydrogens (tertiary/aromatic N) is 1. The van der Waals surface area contributed by atoms with E-state index in [0.717, 1.165) is 41.3 Å². The number of carbonyl (C=O) groups excluding carboxylic acids is 1. The number of H-pyrrole nitrogens is 1. The number of aromatic nitrogens is 2. The van der Waals surface area contributed by atoms with Gasteiger partial charge in [-0.05, 0) is 37.1 Å². The van der Waals surface area contributed by atoms with E-state index in [4.69, 9.17) is 4.74 Å². The van der Waals surface area contributed by atoms with Gasteiger partial charge in [-0.25, -0.2) is 9.37 Å². The van der Waals surface area contributed by atoms with Crippen LogP contribution in [0.3, 0.4) is 0 Å². The molecule has 29 heavy (non-hydrogen) atoms. The summed E-state index contributed by atoms with van der Waals surface area (Å²) in [4.78, 5) is 20.3. The maximum absolute atomic E-state index is 13.3. The molecule has 4 rings (SSSR count). The van der Waals surface area contributed by atoms with Gasteiger partial charge >= 0.3 is 0 Å². The number of ether oxygens (including phenoxy) is 1. The van der Waals surface area contributed by atoms with Crippen molar-refractivity contribution in [2.75, 3.05) is 18.9 Å². The molecule has 1 aromatic heterocycles.